The molecule has 1 amide bonds. The average Bonchev–Trinajstić information content (AvgIpc) is 2.85. The third-order valence-corrected chi connectivity index (χ3v) is 5.78. The van der Waals surface area contributed by atoms with Gasteiger partial charge in [0.1, 0.15) is 5.82 Å². The summed E-state index contributed by atoms with van der Waals surface area (Å²) >= 11 is 6.32. The number of amides is 1. The van der Waals surface area contributed by atoms with Crippen molar-refractivity contribution in [3.05, 3.63) is 88.8 Å². The molecule has 1 heterocycles. The molecule has 35 heavy (non-hydrogen) atoms. The third-order valence-electron chi connectivity index (χ3n) is 5.52. The maximum absolute atomic E-state index is 12.7. The van der Waals surface area contributed by atoms with E-state index < -0.39 is 5.97 Å². The lowest BCUT2D eigenvalue weighted by molar-refractivity contribution is -0.131. The lowest BCUT2D eigenvalue weighted by Gasteiger charge is -2.20. The highest BCUT2D eigenvalue weighted by molar-refractivity contribution is 6.31. The molecule has 8 heteroatoms. The smallest absolute Gasteiger partial charge is 0.308 e. The molecule has 3 aromatic carbocycles. The van der Waals surface area contributed by atoms with Crippen LogP contribution >= 0.6 is 11.6 Å². The SMILES string of the molecule is CCN(C)c1nc(Cc2ccc(NC(=O)c3ccc4ccccc4c3)cc2)nc(Cl)c1OC(C)=O. The minimum Gasteiger partial charge on any atom is -0.419 e. The molecule has 0 radical (unpaired) electrons. The molecule has 0 saturated heterocycles. The number of nitrogens with one attached hydrogen (secondary N) is 1. The highest BCUT2D eigenvalue weighted by Crippen LogP contribution is 2.33. The molecule has 0 bridgehead atoms. The number of fused-ring (bicyclic) bond motifs is 1. The second-order valence-corrected chi connectivity index (χ2v) is 8.44. The zero-order valence-electron chi connectivity index (χ0n) is 19.7. The van der Waals surface area contributed by atoms with Crippen LogP contribution in [0.2, 0.25) is 5.15 Å². The highest BCUT2D eigenvalue weighted by Gasteiger charge is 2.19. The highest BCUT2D eigenvalue weighted by atomic mass is 35.5. The quantitative estimate of drug-likeness (QED) is 0.273. The van der Waals surface area contributed by atoms with Crippen molar-refractivity contribution in [1.82, 2.24) is 9.97 Å². The second kappa shape index (κ2) is 10.5. The number of ether oxygens (including phenoxy) is 1. The molecular weight excluding hydrogens is 464 g/mol. The number of hydrogen-bond donors (Lipinski definition) is 1. The Kier molecular flexibility index (Phi) is 7.27. The summed E-state index contributed by atoms with van der Waals surface area (Å²) in [7, 11) is 1.84. The summed E-state index contributed by atoms with van der Waals surface area (Å²) in [5, 5.41) is 5.12. The topological polar surface area (TPSA) is 84.4 Å². The standard InChI is InChI=1S/C27H25ClN4O3/c1-4-32(3)26-24(35-17(2)33)25(28)30-23(31-26)15-18-9-13-22(14-10-18)29-27(34)21-12-11-19-7-5-6-8-20(19)16-21/h5-14,16H,4,15H2,1-3H3,(H,29,34). The van der Waals surface area contributed by atoms with Gasteiger partial charge in [0.05, 0.1) is 0 Å². The van der Waals surface area contributed by atoms with Crippen molar-refractivity contribution < 1.29 is 14.3 Å². The lowest BCUT2D eigenvalue weighted by Crippen LogP contribution is -2.21. The molecule has 0 fully saturated rings. The first-order valence-electron chi connectivity index (χ1n) is 11.2. The number of esters is 1. The van der Waals surface area contributed by atoms with Crippen LogP contribution in [0.3, 0.4) is 0 Å². The maximum Gasteiger partial charge on any atom is 0.308 e. The number of rotatable bonds is 7. The molecule has 1 N–H and O–H groups in total. The van der Waals surface area contributed by atoms with Crippen molar-refractivity contribution >= 4 is 45.8 Å². The second-order valence-electron chi connectivity index (χ2n) is 8.08. The molecule has 0 atom stereocenters. The van der Waals surface area contributed by atoms with Gasteiger partial charge >= 0.3 is 5.97 Å². The summed E-state index contributed by atoms with van der Waals surface area (Å²) in [6.45, 7) is 3.91. The van der Waals surface area contributed by atoms with Crippen molar-refractivity contribution in [3.8, 4) is 5.75 Å². The molecule has 4 rings (SSSR count). The largest absolute Gasteiger partial charge is 0.419 e. The molecule has 1 aromatic heterocycles. The minimum atomic E-state index is -0.490. The predicted octanol–water partition coefficient (Wildman–Crippen LogP) is 5.51. The third kappa shape index (κ3) is 5.75. The Hall–Kier alpha value is -3.97. The van der Waals surface area contributed by atoms with Crippen LogP contribution in [0.5, 0.6) is 5.75 Å². The number of nitrogens with zero attached hydrogens (tertiary/aromatic N) is 3. The molecule has 0 spiro atoms. The fraction of sp³-hybridized carbons (Fsp3) is 0.185. The molecule has 0 unspecified atom stereocenters. The minimum absolute atomic E-state index is 0.0831. The lowest BCUT2D eigenvalue weighted by atomic mass is 10.1. The van der Waals surface area contributed by atoms with Crippen LogP contribution in [0.4, 0.5) is 11.5 Å². The Morgan fingerprint density at radius 2 is 1.71 bits per heavy atom. The van der Waals surface area contributed by atoms with E-state index >= 15 is 0 Å². The first kappa shape index (κ1) is 24.2. The van der Waals surface area contributed by atoms with E-state index in [4.69, 9.17) is 16.3 Å². The molecule has 7 nitrogen and oxygen atoms in total. The summed E-state index contributed by atoms with van der Waals surface area (Å²) in [4.78, 5) is 34.9. The Morgan fingerprint density at radius 3 is 2.40 bits per heavy atom. The van der Waals surface area contributed by atoms with E-state index in [1.165, 1.54) is 6.92 Å². The van der Waals surface area contributed by atoms with E-state index in [1.807, 2.05) is 85.6 Å². The van der Waals surface area contributed by atoms with Crippen LogP contribution in [0.15, 0.2) is 66.7 Å². The molecule has 0 saturated carbocycles. The number of benzene rings is 3. The Labute approximate surface area is 208 Å². The zero-order chi connectivity index (χ0) is 24.9. The first-order chi connectivity index (χ1) is 16.8. The fourth-order valence-corrected chi connectivity index (χ4v) is 3.82. The van der Waals surface area contributed by atoms with Crippen LogP contribution in [0, 0.1) is 0 Å². The monoisotopic (exact) mass is 488 g/mol. The van der Waals surface area contributed by atoms with E-state index in [0.29, 0.717) is 35.9 Å². The van der Waals surface area contributed by atoms with Gasteiger partial charge in [0.2, 0.25) is 5.75 Å². The summed E-state index contributed by atoms with van der Waals surface area (Å²) in [5.74, 6) is 0.437. The van der Waals surface area contributed by atoms with Gasteiger partial charge in [0, 0.05) is 38.2 Å². The number of carbonyl (C=O) groups excluding carboxylic acids is 2. The Bertz CT molecular complexity index is 1390. The van der Waals surface area contributed by atoms with Gasteiger partial charge in [-0.15, -0.1) is 0 Å². The van der Waals surface area contributed by atoms with E-state index in [9.17, 15) is 9.59 Å². The van der Waals surface area contributed by atoms with Gasteiger partial charge in [0.25, 0.3) is 5.91 Å². The van der Waals surface area contributed by atoms with E-state index in [1.54, 1.807) is 0 Å². The molecule has 178 valence electrons. The number of halogens is 1. The number of carbonyl (C=O) groups is 2. The van der Waals surface area contributed by atoms with Gasteiger partial charge in [-0.2, -0.15) is 0 Å². The number of anilines is 2. The molecule has 0 aliphatic rings. The van der Waals surface area contributed by atoms with Gasteiger partial charge in [-0.1, -0.05) is 54.1 Å². The zero-order valence-corrected chi connectivity index (χ0v) is 20.5. The maximum atomic E-state index is 12.7. The van der Waals surface area contributed by atoms with Gasteiger partial charge in [0.15, 0.2) is 11.0 Å². The fourth-order valence-electron chi connectivity index (χ4n) is 3.60. The van der Waals surface area contributed by atoms with Crippen LogP contribution in [-0.2, 0) is 11.2 Å². The summed E-state index contributed by atoms with van der Waals surface area (Å²) < 4.78 is 5.24. The van der Waals surface area contributed by atoms with Crippen LogP contribution in [-0.4, -0.2) is 35.4 Å². The van der Waals surface area contributed by atoms with Gasteiger partial charge in [-0.05, 0) is 47.5 Å². The van der Waals surface area contributed by atoms with Gasteiger partial charge in [-0.25, -0.2) is 9.97 Å². The predicted molar refractivity (Wildman–Crippen MR) is 138 cm³/mol. The van der Waals surface area contributed by atoms with Crippen LogP contribution in [0.1, 0.15) is 35.6 Å². The number of aromatic nitrogens is 2. The van der Waals surface area contributed by atoms with Crippen LogP contribution in [0.25, 0.3) is 10.8 Å². The normalized spacial score (nSPS) is 10.7. The van der Waals surface area contributed by atoms with Crippen molar-refractivity contribution in [2.45, 2.75) is 20.3 Å². The van der Waals surface area contributed by atoms with Crippen molar-refractivity contribution in [2.75, 3.05) is 23.8 Å². The summed E-state index contributed by atoms with van der Waals surface area (Å²) in [6, 6.07) is 21.0. The average molecular weight is 489 g/mol. The number of hydrogen-bond acceptors (Lipinski definition) is 6. The Balaban J connectivity index is 1.49. The molecular formula is C27H25ClN4O3. The Morgan fingerprint density at radius 1 is 1.00 bits per heavy atom. The van der Waals surface area contributed by atoms with Crippen LogP contribution < -0.4 is 15.0 Å². The van der Waals surface area contributed by atoms with Gasteiger partial charge < -0.3 is 15.0 Å². The van der Waals surface area contributed by atoms with Crippen molar-refractivity contribution in [3.63, 3.8) is 0 Å². The van der Waals surface area contributed by atoms with Crippen molar-refractivity contribution in [1.29, 1.82) is 0 Å². The van der Waals surface area contributed by atoms with E-state index in [-0.39, 0.29) is 16.8 Å². The van der Waals surface area contributed by atoms with Gasteiger partial charge in [-0.3, -0.25) is 9.59 Å². The van der Waals surface area contributed by atoms with E-state index in [2.05, 4.69) is 15.3 Å². The first-order valence-corrected chi connectivity index (χ1v) is 11.6. The molecule has 4 aromatic rings. The van der Waals surface area contributed by atoms with E-state index in [0.717, 1.165) is 16.3 Å². The molecule has 0 aliphatic heterocycles. The summed E-state index contributed by atoms with van der Waals surface area (Å²) in [6.07, 6.45) is 0.420. The van der Waals surface area contributed by atoms with Crippen molar-refractivity contribution in [2.24, 2.45) is 0 Å². The summed E-state index contributed by atoms with van der Waals surface area (Å²) in [5.41, 5.74) is 2.22. The molecule has 0 aliphatic carbocycles.